The Balaban J connectivity index is 1.97. The fraction of sp³-hybridized carbons (Fsp3) is 0.188. The molecule has 2 N–H and O–H groups in total. The minimum atomic E-state index is -0.275. The van der Waals surface area contributed by atoms with Crippen LogP contribution in [0.15, 0.2) is 48.5 Å². The zero-order chi connectivity index (χ0) is 14.4. The first-order valence-electron chi connectivity index (χ1n) is 6.52. The lowest BCUT2D eigenvalue weighted by Gasteiger charge is -2.09. The van der Waals surface area contributed by atoms with Crippen LogP contribution in [0.1, 0.15) is 12.5 Å². The van der Waals surface area contributed by atoms with Gasteiger partial charge < -0.3 is 15.4 Å². The summed E-state index contributed by atoms with van der Waals surface area (Å²) in [4.78, 5) is 11.9. The number of rotatable bonds is 4. The van der Waals surface area contributed by atoms with Gasteiger partial charge >= 0.3 is 6.03 Å². The van der Waals surface area contributed by atoms with Crippen molar-refractivity contribution in [3.63, 3.8) is 0 Å². The predicted octanol–water partition coefficient (Wildman–Crippen LogP) is 3.90. The molecule has 0 radical (unpaired) electrons. The van der Waals surface area contributed by atoms with Crippen LogP contribution in [0.4, 0.5) is 16.2 Å². The molecule has 104 valence electrons. The number of nitrogens with one attached hydrogen (secondary N) is 2. The number of methoxy groups -OCH3 is 1. The van der Waals surface area contributed by atoms with E-state index in [0.29, 0.717) is 11.4 Å². The number of carbonyl (C=O) groups excluding carboxylic acids is 1. The number of aryl methyl sites for hydroxylation is 1. The number of urea groups is 1. The first kappa shape index (κ1) is 13.9. The van der Waals surface area contributed by atoms with Crippen molar-refractivity contribution in [1.82, 2.24) is 0 Å². The Labute approximate surface area is 118 Å². The van der Waals surface area contributed by atoms with Gasteiger partial charge in [0.15, 0.2) is 0 Å². The van der Waals surface area contributed by atoms with E-state index >= 15 is 0 Å². The summed E-state index contributed by atoms with van der Waals surface area (Å²) < 4.78 is 5.11. The molecule has 0 fully saturated rings. The standard InChI is InChI=1S/C16H18N2O2/c1-3-12-7-9-13(10-8-12)17-16(19)18-14-5-4-6-15(11-14)20-2/h4-11H,3H2,1-2H3,(H2,17,18,19). The van der Waals surface area contributed by atoms with E-state index < -0.39 is 0 Å². The molecule has 0 spiro atoms. The van der Waals surface area contributed by atoms with Crippen molar-refractivity contribution >= 4 is 17.4 Å². The van der Waals surface area contributed by atoms with Gasteiger partial charge in [-0.25, -0.2) is 4.79 Å². The molecule has 0 heterocycles. The quantitative estimate of drug-likeness (QED) is 0.885. The highest BCUT2D eigenvalue weighted by molar-refractivity contribution is 5.99. The average Bonchev–Trinajstić information content (AvgIpc) is 2.48. The zero-order valence-corrected chi connectivity index (χ0v) is 11.6. The highest BCUT2D eigenvalue weighted by atomic mass is 16.5. The van der Waals surface area contributed by atoms with Crippen molar-refractivity contribution in [2.75, 3.05) is 17.7 Å². The number of amides is 2. The summed E-state index contributed by atoms with van der Waals surface area (Å²) in [5.41, 5.74) is 2.69. The van der Waals surface area contributed by atoms with Gasteiger partial charge in [-0.3, -0.25) is 0 Å². The van der Waals surface area contributed by atoms with Crippen LogP contribution in [0.5, 0.6) is 5.75 Å². The zero-order valence-electron chi connectivity index (χ0n) is 11.6. The molecule has 4 nitrogen and oxygen atoms in total. The molecule has 0 aliphatic rings. The number of carbonyl (C=O) groups is 1. The normalized spacial score (nSPS) is 9.90. The second-order valence-corrected chi connectivity index (χ2v) is 4.36. The number of anilines is 2. The Hall–Kier alpha value is -2.49. The van der Waals surface area contributed by atoms with Crippen LogP contribution in [0.2, 0.25) is 0 Å². The van der Waals surface area contributed by atoms with Crippen molar-refractivity contribution in [3.05, 3.63) is 54.1 Å². The summed E-state index contributed by atoms with van der Waals surface area (Å²) in [5, 5.41) is 5.55. The maximum atomic E-state index is 11.9. The van der Waals surface area contributed by atoms with E-state index in [9.17, 15) is 4.79 Å². The molecule has 2 aromatic carbocycles. The summed E-state index contributed by atoms with van der Waals surface area (Å²) in [7, 11) is 1.59. The monoisotopic (exact) mass is 270 g/mol. The first-order chi connectivity index (χ1) is 9.71. The Kier molecular flexibility index (Phi) is 4.60. The Morgan fingerprint density at radius 2 is 1.75 bits per heavy atom. The van der Waals surface area contributed by atoms with Crippen LogP contribution in [0, 0.1) is 0 Å². The van der Waals surface area contributed by atoms with Gasteiger partial charge in [0.05, 0.1) is 7.11 Å². The molecule has 0 bridgehead atoms. The molecule has 2 amide bonds. The molecule has 0 atom stereocenters. The van der Waals surface area contributed by atoms with Crippen LogP contribution in [-0.4, -0.2) is 13.1 Å². The Morgan fingerprint density at radius 1 is 1.05 bits per heavy atom. The lowest BCUT2D eigenvalue weighted by Crippen LogP contribution is -2.19. The molecule has 0 aliphatic carbocycles. The van der Waals surface area contributed by atoms with Crippen molar-refractivity contribution in [2.24, 2.45) is 0 Å². The number of hydrogen-bond donors (Lipinski definition) is 2. The van der Waals surface area contributed by atoms with Gasteiger partial charge in [-0.1, -0.05) is 25.1 Å². The van der Waals surface area contributed by atoms with Gasteiger partial charge in [0.25, 0.3) is 0 Å². The summed E-state index contributed by atoms with van der Waals surface area (Å²) in [6.45, 7) is 2.10. The van der Waals surface area contributed by atoms with Gasteiger partial charge in [-0.05, 0) is 36.2 Å². The molecule has 2 aromatic rings. The second kappa shape index (κ2) is 6.61. The molecular weight excluding hydrogens is 252 g/mol. The van der Waals surface area contributed by atoms with Gasteiger partial charge in [0.1, 0.15) is 5.75 Å². The average molecular weight is 270 g/mol. The first-order valence-corrected chi connectivity index (χ1v) is 6.52. The summed E-state index contributed by atoms with van der Waals surface area (Å²) in [6.07, 6.45) is 0.982. The number of hydrogen-bond acceptors (Lipinski definition) is 2. The van der Waals surface area contributed by atoms with E-state index in [-0.39, 0.29) is 6.03 Å². The second-order valence-electron chi connectivity index (χ2n) is 4.36. The Bertz CT molecular complexity index is 579. The van der Waals surface area contributed by atoms with Crippen LogP contribution in [-0.2, 0) is 6.42 Å². The van der Waals surface area contributed by atoms with Crippen molar-refractivity contribution in [2.45, 2.75) is 13.3 Å². The van der Waals surface area contributed by atoms with E-state index in [1.807, 2.05) is 42.5 Å². The van der Waals surface area contributed by atoms with E-state index in [1.165, 1.54) is 5.56 Å². The van der Waals surface area contributed by atoms with Gasteiger partial charge in [-0.15, -0.1) is 0 Å². The van der Waals surface area contributed by atoms with Crippen LogP contribution < -0.4 is 15.4 Å². The van der Waals surface area contributed by atoms with Gasteiger partial charge in [-0.2, -0.15) is 0 Å². The molecule has 0 aliphatic heterocycles. The highest BCUT2D eigenvalue weighted by Gasteiger charge is 2.03. The van der Waals surface area contributed by atoms with Gasteiger partial charge in [0.2, 0.25) is 0 Å². The minimum Gasteiger partial charge on any atom is -0.497 e. The smallest absolute Gasteiger partial charge is 0.323 e. The van der Waals surface area contributed by atoms with Crippen LogP contribution >= 0.6 is 0 Å². The van der Waals surface area contributed by atoms with E-state index in [2.05, 4.69) is 17.6 Å². The van der Waals surface area contributed by atoms with Crippen molar-refractivity contribution in [3.8, 4) is 5.75 Å². The predicted molar refractivity (Wildman–Crippen MR) is 81.5 cm³/mol. The molecule has 2 rings (SSSR count). The van der Waals surface area contributed by atoms with Crippen LogP contribution in [0.25, 0.3) is 0 Å². The van der Waals surface area contributed by atoms with Crippen LogP contribution in [0.3, 0.4) is 0 Å². The molecule has 0 saturated carbocycles. The van der Waals surface area contributed by atoms with Crippen molar-refractivity contribution < 1.29 is 9.53 Å². The summed E-state index contributed by atoms with van der Waals surface area (Å²) >= 11 is 0. The Morgan fingerprint density at radius 3 is 2.40 bits per heavy atom. The van der Waals surface area contributed by atoms with Gasteiger partial charge in [0, 0.05) is 17.4 Å². The SMILES string of the molecule is CCc1ccc(NC(=O)Nc2cccc(OC)c2)cc1. The highest BCUT2D eigenvalue weighted by Crippen LogP contribution is 2.17. The van der Waals surface area contributed by atoms with E-state index in [1.54, 1.807) is 13.2 Å². The van der Waals surface area contributed by atoms with Crippen molar-refractivity contribution in [1.29, 1.82) is 0 Å². The minimum absolute atomic E-state index is 0.275. The summed E-state index contributed by atoms with van der Waals surface area (Å²) in [5.74, 6) is 0.704. The molecule has 0 saturated heterocycles. The fourth-order valence-corrected chi connectivity index (χ4v) is 1.82. The third kappa shape index (κ3) is 3.75. The van der Waals surface area contributed by atoms with E-state index in [0.717, 1.165) is 12.1 Å². The third-order valence-corrected chi connectivity index (χ3v) is 2.95. The molecule has 0 aromatic heterocycles. The molecule has 20 heavy (non-hydrogen) atoms. The third-order valence-electron chi connectivity index (χ3n) is 2.95. The topological polar surface area (TPSA) is 50.4 Å². The maximum absolute atomic E-state index is 11.9. The maximum Gasteiger partial charge on any atom is 0.323 e. The fourth-order valence-electron chi connectivity index (χ4n) is 1.82. The molecular formula is C16H18N2O2. The lowest BCUT2D eigenvalue weighted by molar-refractivity contribution is 0.262. The van der Waals surface area contributed by atoms with E-state index in [4.69, 9.17) is 4.74 Å². The lowest BCUT2D eigenvalue weighted by atomic mass is 10.1. The molecule has 4 heteroatoms. The summed E-state index contributed by atoms with van der Waals surface area (Å²) in [6, 6.07) is 14.7. The largest absolute Gasteiger partial charge is 0.497 e. The number of benzene rings is 2. The molecule has 0 unspecified atom stereocenters. The number of ether oxygens (including phenoxy) is 1.